The zero-order valence-electron chi connectivity index (χ0n) is 13.3. The molecule has 0 atom stereocenters. The maximum atomic E-state index is 4.21. The van der Waals surface area contributed by atoms with Gasteiger partial charge in [0.15, 0.2) is 5.96 Å². The molecule has 0 amide bonds. The van der Waals surface area contributed by atoms with Gasteiger partial charge in [-0.3, -0.25) is 4.99 Å². The van der Waals surface area contributed by atoms with Gasteiger partial charge in [0.1, 0.15) is 0 Å². The third kappa shape index (κ3) is 8.97. The summed E-state index contributed by atoms with van der Waals surface area (Å²) in [5, 5.41) is 6.66. The maximum absolute atomic E-state index is 4.21. The summed E-state index contributed by atoms with van der Waals surface area (Å²) in [7, 11) is 4.05. The highest BCUT2D eigenvalue weighted by molar-refractivity contribution is 14.0. The minimum atomic E-state index is 0. The van der Waals surface area contributed by atoms with Crippen LogP contribution in [-0.2, 0) is 0 Å². The molecule has 0 spiro atoms. The average molecular weight is 397 g/mol. The maximum Gasteiger partial charge on any atom is 0.190 e. The Hall–Kier alpha value is -0.0800. The smallest absolute Gasteiger partial charge is 0.190 e. The first-order valence-corrected chi connectivity index (χ1v) is 7.61. The fourth-order valence-electron chi connectivity index (χ4n) is 2.30. The second kappa shape index (κ2) is 12.6. The van der Waals surface area contributed by atoms with Crippen LogP contribution in [0.4, 0.5) is 0 Å². The standard InChI is InChI=1S/C14H31N5.HI/c1-4-7-16-14(15-2)17-8-5-10-19-11-6-9-18(3)12-13-19;/h4-13H2,1-3H3,(H2,15,16,17);1H. The second-order valence-electron chi connectivity index (χ2n) is 5.28. The largest absolute Gasteiger partial charge is 0.356 e. The fourth-order valence-corrected chi connectivity index (χ4v) is 2.30. The highest BCUT2D eigenvalue weighted by atomic mass is 127. The lowest BCUT2D eigenvalue weighted by Crippen LogP contribution is -2.39. The third-order valence-corrected chi connectivity index (χ3v) is 3.52. The molecule has 0 aliphatic carbocycles. The molecule has 2 N–H and O–H groups in total. The minimum Gasteiger partial charge on any atom is -0.356 e. The van der Waals surface area contributed by atoms with E-state index in [0.29, 0.717) is 0 Å². The van der Waals surface area contributed by atoms with Crippen LogP contribution in [0.5, 0.6) is 0 Å². The van der Waals surface area contributed by atoms with Crippen LogP contribution in [0.3, 0.4) is 0 Å². The lowest BCUT2D eigenvalue weighted by Gasteiger charge is -2.20. The van der Waals surface area contributed by atoms with E-state index in [2.05, 4.69) is 39.4 Å². The van der Waals surface area contributed by atoms with Crippen molar-refractivity contribution in [2.75, 3.05) is 59.9 Å². The van der Waals surface area contributed by atoms with E-state index in [9.17, 15) is 0 Å². The average Bonchev–Trinajstić information content (AvgIpc) is 2.63. The van der Waals surface area contributed by atoms with E-state index in [1.807, 2.05) is 7.05 Å². The molecule has 5 nitrogen and oxygen atoms in total. The predicted molar refractivity (Wildman–Crippen MR) is 98.2 cm³/mol. The lowest BCUT2D eigenvalue weighted by molar-refractivity contribution is 0.274. The summed E-state index contributed by atoms with van der Waals surface area (Å²) in [5.41, 5.74) is 0. The molecule has 6 heteroatoms. The highest BCUT2D eigenvalue weighted by Gasteiger charge is 2.11. The van der Waals surface area contributed by atoms with Gasteiger partial charge in [0.2, 0.25) is 0 Å². The van der Waals surface area contributed by atoms with Gasteiger partial charge in [-0.1, -0.05) is 6.92 Å². The Morgan fingerprint density at radius 2 is 1.85 bits per heavy atom. The number of hydrogen-bond acceptors (Lipinski definition) is 3. The molecule has 0 radical (unpaired) electrons. The first kappa shape index (κ1) is 19.9. The Morgan fingerprint density at radius 3 is 2.55 bits per heavy atom. The van der Waals surface area contributed by atoms with Gasteiger partial charge in [-0.25, -0.2) is 0 Å². The summed E-state index contributed by atoms with van der Waals surface area (Å²) in [6, 6.07) is 0. The zero-order chi connectivity index (χ0) is 13.9. The molecular weight excluding hydrogens is 365 g/mol. The van der Waals surface area contributed by atoms with Gasteiger partial charge in [-0.2, -0.15) is 0 Å². The van der Waals surface area contributed by atoms with Gasteiger partial charge in [-0.05, 0) is 45.9 Å². The minimum absolute atomic E-state index is 0. The first-order chi connectivity index (χ1) is 9.26. The molecule has 0 bridgehead atoms. The van der Waals surface area contributed by atoms with Crippen LogP contribution in [0.25, 0.3) is 0 Å². The van der Waals surface area contributed by atoms with Crippen molar-refractivity contribution in [1.82, 2.24) is 20.4 Å². The topological polar surface area (TPSA) is 42.9 Å². The Balaban J connectivity index is 0.00000361. The summed E-state index contributed by atoms with van der Waals surface area (Å²) >= 11 is 0. The summed E-state index contributed by atoms with van der Waals surface area (Å²) in [4.78, 5) is 9.21. The van der Waals surface area contributed by atoms with E-state index in [4.69, 9.17) is 0 Å². The summed E-state index contributed by atoms with van der Waals surface area (Å²) in [6.45, 7) is 10.2. The molecule has 0 aromatic heterocycles. The molecule has 1 aliphatic heterocycles. The quantitative estimate of drug-likeness (QED) is 0.306. The van der Waals surface area contributed by atoms with Gasteiger partial charge in [0, 0.05) is 33.2 Å². The normalized spacial score (nSPS) is 18.2. The van der Waals surface area contributed by atoms with Crippen LogP contribution in [0, 0.1) is 0 Å². The fraction of sp³-hybridized carbons (Fsp3) is 0.929. The van der Waals surface area contributed by atoms with E-state index < -0.39 is 0 Å². The monoisotopic (exact) mass is 397 g/mol. The number of nitrogens with one attached hydrogen (secondary N) is 2. The zero-order valence-corrected chi connectivity index (χ0v) is 15.7. The van der Waals surface area contributed by atoms with Crippen LogP contribution >= 0.6 is 24.0 Å². The van der Waals surface area contributed by atoms with E-state index in [0.717, 1.165) is 25.5 Å². The number of guanidine groups is 1. The molecule has 1 heterocycles. The molecular formula is C14H32IN5. The Bertz CT molecular complexity index is 260. The number of aliphatic imine (C=N–C) groups is 1. The van der Waals surface area contributed by atoms with E-state index in [1.165, 1.54) is 45.6 Å². The van der Waals surface area contributed by atoms with Crippen molar-refractivity contribution >= 4 is 29.9 Å². The molecule has 1 rings (SSSR count). The van der Waals surface area contributed by atoms with Crippen LogP contribution in [-0.4, -0.2) is 75.7 Å². The first-order valence-electron chi connectivity index (χ1n) is 7.61. The Morgan fingerprint density at radius 1 is 1.10 bits per heavy atom. The molecule has 1 fully saturated rings. The molecule has 0 aromatic carbocycles. The van der Waals surface area contributed by atoms with Gasteiger partial charge in [0.25, 0.3) is 0 Å². The van der Waals surface area contributed by atoms with Crippen LogP contribution < -0.4 is 10.6 Å². The number of likely N-dealkylation sites (N-methyl/N-ethyl adjacent to an activating group) is 1. The molecule has 0 unspecified atom stereocenters. The predicted octanol–water partition coefficient (Wildman–Crippen LogP) is 1.21. The van der Waals surface area contributed by atoms with Gasteiger partial charge < -0.3 is 20.4 Å². The third-order valence-electron chi connectivity index (χ3n) is 3.52. The summed E-state index contributed by atoms with van der Waals surface area (Å²) in [5.74, 6) is 0.928. The molecule has 1 aliphatic rings. The van der Waals surface area contributed by atoms with Gasteiger partial charge in [0.05, 0.1) is 0 Å². The van der Waals surface area contributed by atoms with Crippen molar-refractivity contribution < 1.29 is 0 Å². The molecule has 1 saturated heterocycles. The lowest BCUT2D eigenvalue weighted by atomic mass is 10.3. The Labute approximate surface area is 141 Å². The SMILES string of the molecule is CCCNC(=NC)NCCCN1CCCN(C)CC1.I. The highest BCUT2D eigenvalue weighted by Crippen LogP contribution is 2.01. The summed E-state index contributed by atoms with van der Waals surface area (Å²) < 4.78 is 0. The van der Waals surface area contributed by atoms with E-state index >= 15 is 0 Å². The number of rotatable bonds is 6. The van der Waals surface area contributed by atoms with E-state index in [-0.39, 0.29) is 24.0 Å². The van der Waals surface area contributed by atoms with Crippen molar-refractivity contribution in [3.05, 3.63) is 0 Å². The van der Waals surface area contributed by atoms with Crippen molar-refractivity contribution in [3.63, 3.8) is 0 Å². The van der Waals surface area contributed by atoms with Crippen molar-refractivity contribution in [1.29, 1.82) is 0 Å². The van der Waals surface area contributed by atoms with Crippen LogP contribution in [0.15, 0.2) is 4.99 Å². The van der Waals surface area contributed by atoms with E-state index in [1.54, 1.807) is 0 Å². The molecule has 120 valence electrons. The van der Waals surface area contributed by atoms with Crippen molar-refractivity contribution in [3.8, 4) is 0 Å². The van der Waals surface area contributed by atoms with Crippen molar-refractivity contribution in [2.45, 2.75) is 26.2 Å². The molecule has 0 saturated carbocycles. The van der Waals surface area contributed by atoms with Gasteiger partial charge in [-0.15, -0.1) is 24.0 Å². The van der Waals surface area contributed by atoms with Gasteiger partial charge >= 0.3 is 0 Å². The number of halogens is 1. The second-order valence-corrected chi connectivity index (χ2v) is 5.28. The molecule has 0 aromatic rings. The number of hydrogen-bond donors (Lipinski definition) is 2. The van der Waals surface area contributed by atoms with Crippen LogP contribution in [0.2, 0.25) is 0 Å². The molecule has 20 heavy (non-hydrogen) atoms. The van der Waals surface area contributed by atoms with Crippen LogP contribution in [0.1, 0.15) is 26.2 Å². The Kier molecular flexibility index (Phi) is 12.6. The number of nitrogens with zero attached hydrogens (tertiary/aromatic N) is 3. The summed E-state index contributed by atoms with van der Waals surface area (Å²) in [6.07, 6.45) is 3.60. The van der Waals surface area contributed by atoms with Crippen molar-refractivity contribution in [2.24, 2.45) is 4.99 Å².